The van der Waals surface area contributed by atoms with E-state index < -0.39 is 0 Å². The fourth-order valence-corrected chi connectivity index (χ4v) is 1.70. The molecule has 0 saturated heterocycles. The number of aryl methyl sites for hydroxylation is 2. The van der Waals surface area contributed by atoms with Gasteiger partial charge in [0.1, 0.15) is 0 Å². The van der Waals surface area contributed by atoms with E-state index in [-0.39, 0.29) is 0 Å². The fourth-order valence-electron chi connectivity index (χ4n) is 1.70. The Kier molecular flexibility index (Phi) is 3.25. The van der Waals surface area contributed by atoms with Gasteiger partial charge >= 0.3 is 0 Å². The third kappa shape index (κ3) is 2.86. The lowest BCUT2D eigenvalue weighted by Gasteiger charge is -2.07. The summed E-state index contributed by atoms with van der Waals surface area (Å²) in [6.45, 7) is 5.10. The summed E-state index contributed by atoms with van der Waals surface area (Å²) in [5, 5.41) is 3.42. The molecule has 1 N–H and O–H groups in total. The van der Waals surface area contributed by atoms with Crippen LogP contribution in [0.25, 0.3) is 0 Å². The minimum atomic E-state index is 0.880. The predicted octanol–water partition coefficient (Wildman–Crippen LogP) is 3.92. The lowest BCUT2D eigenvalue weighted by molar-refractivity contribution is 1.14. The molecule has 0 spiro atoms. The van der Waals surface area contributed by atoms with Crippen LogP contribution in [0.2, 0.25) is 0 Å². The van der Waals surface area contributed by atoms with E-state index in [9.17, 15) is 0 Å². The summed E-state index contributed by atoms with van der Waals surface area (Å²) in [5.41, 5.74) is 5.09. The van der Waals surface area contributed by atoms with Gasteiger partial charge in [-0.3, -0.25) is 0 Å². The molecule has 82 valence electrons. The summed E-state index contributed by atoms with van der Waals surface area (Å²) in [6, 6.07) is 17.1. The maximum Gasteiger partial charge on any atom is 0.0400 e. The lowest BCUT2D eigenvalue weighted by atomic mass is 10.1. The Morgan fingerprint density at radius 1 is 0.875 bits per heavy atom. The second-order valence-electron chi connectivity index (χ2n) is 4.21. The highest BCUT2D eigenvalue weighted by Crippen LogP contribution is 2.11. The standard InChI is InChI=1S/C15H17N/c1-12-6-8-15(9-7-12)16-11-14-5-3-4-13(2)10-14/h3-10,16H,11H2,1-2H3. The molecule has 0 amide bonds. The number of hydrogen-bond donors (Lipinski definition) is 1. The largest absolute Gasteiger partial charge is 0.381 e. The van der Waals surface area contributed by atoms with Gasteiger partial charge in [-0.15, -0.1) is 0 Å². The van der Waals surface area contributed by atoms with Gasteiger partial charge in [0.2, 0.25) is 0 Å². The van der Waals surface area contributed by atoms with Crippen molar-refractivity contribution < 1.29 is 0 Å². The quantitative estimate of drug-likeness (QED) is 0.811. The number of nitrogens with one attached hydrogen (secondary N) is 1. The van der Waals surface area contributed by atoms with E-state index in [1.807, 2.05) is 0 Å². The van der Waals surface area contributed by atoms with Crippen LogP contribution in [0.15, 0.2) is 48.5 Å². The maximum atomic E-state index is 3.42. The maximum absolute atomic E-state index is 3.42. The Bertz CT molecular complexity index is 457. The molecule has 0 bridgehead atoms. The SMILES string of the molecule is Cc1ccc(NCc2cccc(C)c2)cc1. The molecule has 0 heterocycles. The first-order valence-corrected chi connectivity index (χ1v) is 5.60. The van der Waals surface area contributed by atoms with Crippen molar-refractivity contribution in [3.8, 4) is 0 Å². The lowest BCUT2D eigenvalue weighted by Crippen LogP contribution is -1.99. The molecular formula is C15H17N. The molecule has 2 aromatic carbocycles. The highest BCUT2D eigenvalue weighted by molar-refractivity contribution is 5.45. The van der Waals surface area contributed by atoms with Gasteiger partial charge in [-0.25, -0.2) is 0 Å². The normalized spacial score (nSPS) is 10.1. The third-order valence-corrected chi connectivity index (χ3v) is 2.63. The Morgan fingerprint density at radius 3 is 2.31 bits per heavy atom. The summed E-state index contributed by atoms with van der Waals surface area (Å²) in [5.74, 6) is 0. The minimum Gasteiger partial charge on any atom is -0.381 e. The van der Waals surface area contributed by atoms with Gasteiger partial charge in [-0.1, -0.05) is 47.5 Å². The third-order valence-electron chi connectivity index (χ3n) is 2.63. The van der Waals surface area contributed by atoms with Gasteiger partial charge in [0.25, 0.3) is 0 Å². The van der Waals surface area contributed by atoms with Crippen LogP contribution in [0.1, 0.15) is 16.7 Å². The molecule has 0 saturated carbocycles. The molecule has 0 radical (unpaired) electrons. The first-order chi connectivity index (χ1) is 7.74. The minimum absolute atomic E-state index is 0.880. The zero-order valence-electron chi connectivity index (χ0n) is 9.83. The van der Waals surface area contributed by atoms with Crippen LogP contribution in [0.3, 0.4) is 0 Å². The molecular weight excluding hydrogens is 194 g/mol. The average Bonchev–Trinajstić information content (AvgIpc) is 2.28. The highest BCUT2D eigenvalue weighted by Gasteiger charge is 1.94. The molecule has 1 nitrogen and oxygen atoms in total. The first kappa shape index (κ1) is 10.7. The zero-order valence-corrected chi connectivity index (χ0v) is 9.83. The number of anilines is 1. The van der Waals surface area contributed by atoms with Crippen molar-refractivity contribution in [2.45, 2.75) is 20.4 Å². The molecule has 16 heavy (non-hydrogen) atoms. The molecule has 2 rings (SSSR count). The Balaban J connectivity index is 1.99. The van der Waals surface area contributed by atoms with Crippen LogP contribution in [0.4, 0.5) is 5.69 Å². The van der Waals surface area contributed by atoms with E-state index >= 15 is 0 Å². The predicted molar refractivity (Wildman–Crippen MR) is 69.7 cm³/mol. The monoisotopic (exact) mass is 211 g/mol. The van der Waals surface area contributed by atoms with Crippen molar-refractivity contribution in [1.82, 2.24) is 0 Å². The van der Waals surface area contributed by atoms with E-state index in [2.05, 4.69) is 67.7 Å². The highest BCUT2D eigenvalue weighted by atomic mass is 14.9. The summed E-state index contributed by atoms with van der Waals surface area (Å²) < 4.78 is 0. The van der Waals surface area contributed by atoms with Crippen LogP contribution in [-0.2, 0) is 6.54 Å². The number of rotatable bonds is 3. The summed E-state index contributed by atoms with van der Waals surface area (Å²) in [7, 11) is 0. The van der Waals surface area contributed by atoms with E-state index in [4.69, 9.17) is 0 Å². The smallest absolute Gasteiger partial charge is 0.0400 e. The molecule has 1 heteroatoms. The van der Waals surface area contributed by atoms with Gasteiger partial charge in [-0.2, -0.15) is 0 Å². The molecule has 0 unspecified atom stereocenters. The van der Waals surface area contributed by atoms with E-state index in [0.29, 0.717) is 0 Å². The van der Waals surface area contributed by atoms with Crippen LogP contribution in [-0.4, -0.2) is 0 Å². The van der Waals surface area contributed by atoms with Crippen LogP contribution < -0.4 is 5.32 Å². The second-order valence-corrected chi connectivity index (χ2v) is 4.21. The van der Waals surface area contributed by atoms with E-state index in [1.165, 1.54) is 22.4 Å². The Labute approximate surface area is 97.1 Å². The summed E-state index contributed by atoms with van der Waals surface area (Å²) >= 11 is 0. The van der Waals surface area contributed by atoms with Gasteiger partial charge in [0.15, 0.2) is 0 Å². The Morgan fingerprint density at radius 2 is 1.62 bits per heavy atom. The number of hydrogen-bond acceptors (Lipinski definition) is 1. The van der Waals surface area contributed by atoms with Crippen LogP contribution in [0, 0.1) is 13.8 Å². The number of benzene rings is 2. The van der Waals surface area contributed by atoms with Crippen molar-refractivity contribution in [2.75, 3.05) is 5.32 Å². The van der Waals surface area contributed by atoms with Gasteiger partial charge < -0.3 is 5.32 Å². The molecule has 0 aromatic heterocycles. The zero-order chi connectivity index (χ0) is 11.4. The van der Waals surface area contributed by atoms with Crippen molar-refractivity contribution >= 4 is 5.69 Å². The molecule has 0 aliphatic rings. The van der Waals surface area contributed by atoms with Crippen molar-refractivity contribution in [3.63, 3.8) is 0 Å². The molecule has 0 fully saturated rings. The summed E-state index contributed by atoms with van der Waals surface area (Å²) in [6.07, 6.45) is 0. The Hall–Kier alpha value is -1.76. The van der Waals surface area contributed by atoms with Gasteiger partial charge in [-0.05, 0) is 31.5 Å². The van der Waals surface area contributed by atoms with Crippen molar-refractivity contribution in [1.29, 1.82) is 0 Å². The average molecular weight is 211 g/mol. The van der Waals surface area contributed by atoms with Crippen molar-refractivity contribution in [3.05, 3.63) is 65.2 Å². The fraction of sp³-hybridized carbons (Fsp3) is 0.200. The van der Waals surface area contributed by atoms with Gasteiger partial charge in [0.05, 0.1) is 0 Å². The molecule has 0 atom stereocenters. The molecule has 0 aliphatic carbocycles. The van der Waals surface area contributed by atoms with E-state index in [0.717, 1.165) is 6.54 Å². The second kappa shape index (κ2) is 4.84. The van der Waals surface area contributed by atoms with E-state index in [1.54, 1.807) is 0 Å². The van der Waals surface area contributed by atoms with Crippen molar-refractivity contribution in [2.24, 2.45) is 0 Å². The van der Waals surface area contributed by atoms with Crippen LogP contribution >= 0.6 is 0 Å². The summed E-state index contributed by atoms with van der Waals surface area (Å²) in [4.78, 5) is 0. The first-order valence-electron chi connectivity index (χ1n) is 5.60. The van der Waals surface area contributed by atoms with Crippen LogP contribution in [0.5, 0.6) is 0 Å². The molecule has 2 aromatic rings. The topological polar surface area (TPSA) is 12.0 Å². The molecule has 0 aliphatic heterocycles. The van der Waals surface area contributed by atoms with Gasteiger partial charge in [0, 0.05) is 12.2 Å².